The van der Waals surface area contributed by atoms with E-state index in [0.717, 1.165) is 6.42 Å². The van der Waals surface area contributed by atoms with E-state index in [9.17, 15) is 0 Å². The molecule has 0 atom stereocenters. The van der Waals surface area contributed by atoms with Gasteiger partial charge in [-0.2, -0.15) is 0 Å². The van der Waals surface area contributed by atoms with Gasteiger partial charge in [-0.1, -0.05) is 106 Å². The number of allylic oxidation sites excluding steroid dienone is 1. The second kappa shape index (κ2) is 7.82. The van der Waals surface area contributed by atoms with Gasteiger partial charge in [0.2, 0.25) is 0 Å². The summed E-state index contributed by atoms with van der Waals surface area (Å²) in [7, 11) is 0. The smallest absolute Gasteiger partial charge is 0.00574 e. The molecule has 0 saturated heterocycles. The largest absolute Gasteiger partial charge is 0.0648 e. The molecule has 0 bridgehead atoms. The highest BCUT2D eigenvalue weighted by molar-refractivity contribution is 5.80. The van der Waals surface area contributed by atoms with Crippen molar-refractivity contribution in [1.29, 1.82) is 0 Å². The Balaban J connectivity index is 1.60. The zero-order valence-corrected chi connectivity index (χ0v) is 16.3. The van der Waals surface area contributed by atoms with Gasteiger partial charge in [0, 0.05) is 0 Å². The quantitative estimate of drug-likeness (QED) is 0.530. The SMILES string of the molecule is CCC1(CC2=Cc3c(cccc3-c3ccccc3)C2)CCCCCCC1. The lowest BCUT2D eigenvalue weighted by atomic mass is 9.70. The summed E-state index contributed by atoms with van der Waals surface area (Å²) in [6.07, 6.45) is 16.4. The van der Waals surface area contributed by atoms with Crippen molar-refractivity contribution in [3.05, 3.63) is 65.2 Å². The third-order valence-electron chi connectivity index (χ3n) is 6.81. The van der Waals surface area contributed by atoms with E-state index in [0.29, 0.717) is 5.41 Å². The van der Waals surface area contributed by atoms with Crippen LogP contribution in [-0.2, 0) is 6.42 Å². The van der Waals surface area contributed by atoms with Gasteiger partial charge in [0.15, 0.2) is 0 Å². The minimum Gasteiger partial charge on any atom is -0.0648 e. The third kappa shape index (κ3) is 3.65. The van der Waals surface area contributed by atoms with Crippen molar-refractivity contribution in [2.45, 2.75) is 71.1 Å². The van der Waals surface area contributed by atoms with Crippen molar-refractivity contribution >= 4 is 6.08 Å². The molecule has 0 spiro atoms. The van der Waals surface area contributed by atoms with E-state index in [2.05, 4.69) is 61.5 Å². The van der Waals surface area contributed by atoms with Gasteiger partial charge in [-0.3, -0.25) is 0 Å². The van der Waals surface area contributed by atoms with Gasteiger partial charge in [-0.25, -0.2) is 0 Å². The van der Waals surface area contributed by atoms with E-state index in [4.69, 9.17) is 0 Å². The molecule has 2 aliphatic carbocycles. The summed E-state index contributed by atoms with van der Waals surface area (Å²) in [6.45, 7) is 2.43. The summed E-state index contributed by atoms with van der Waals surface area (Å²) in [5, 5.41) is 0. The van der Waals surface area contributed by atoms with E-state index in [-0.39, 0.29) is 0 Å². The van der Waals surface area contributed by atoms with Crippen molar-refractivity contribution in [3.8, 4) is 11.1 Å². The average molecular weight is 345 g/mol. The molecular formula is C26H32. The van der Waals surface area contributed by atoms with Crippen LogP contribution in [0.1, 0.15) is 75.8 Å². The Kier molecular flexibility index (Phi) is 5.29. The van der Waals surface area contributed by atoms with Gasteiger partial charge in [0.1, 0.15) is 0 Å². The molecule has 0 aliphatic heterocycles. The maximum absolute atomic E-state index is 2.54. The van der Waals surface area contributed by atoms with Gasteiger partial charge >= 0.3 is 0 Å². The average Bonchev–Trinajstić information content (AvgIpc) is 3.07. The minimum atomic E-state index is 0.557. The predicted molar refractivity (Wildman–Crippen MR) is 113 cm³/mol. The Labute approximate surface area is 159 Å². The molecule has 0 aromatic heterocycles. The molecule has 2 aromatic rings. The Morgan fingerprint density at radius 3 is 2.27 bits per heavy atom. The van der Waals surface area contributed by atoms with Crippen LogP contribution in [0.3, 0.4) is 0 Å². The fourth-order valence-electron chi connectivity index (χ4n) is 5.21. The summed E-state index contributed by atoms with van der Waals surface area (Å²) in [4.78, 5) is 0. The monoisotopic (exact) mass is 344 g/mol. The van der Waals surface area contributed by atoms with Crippen molar-refractivity contribution in [2.75, 3.05) is 0 Å². The van der Waals surface area contributed by atoms with Crippen LogP contribution in [0, 0.1) is 5.41 Å². The lowest BCUT2D eigenvalue weighted by Gasteiger charge is -2.35. The Bertz CT molecular complexity index is 758. The molecule has 4 rings (SSSR count). The van der Waals surface area contributed by atoms with Gasteiger partial charge in [0.25, 0.3) is 0 Å². The van der Waals surface area contributed by atoms with Gasteiger partial charge in [-0.05, 0) is 53.4 Å². The normalized spacial score (nSPS) is 19.3. The Morgan fingerprint density at radius 1 is 0.808 bits per heavy atom. The van der Waals surface area contributed by atoms with Gasteiger partial charge in [-0.15, -0.1) is 0 Å². The first kappa shape index (κ1) is 17.6. The van der Waals surface area contributed by atoms with E-state index < -0.39 is 0 Å². The molecule has 26 heavy (non-hydrogen) atoms. The maximum Gasteiger partial charge on any atom is -0.00574 e. The van der Waals surface area contributed by atoms with Crippen LogP contribution in [0.4, 0.5) is 0 Å². The first-order chi connectivity index (χ1) is 12.8. The standard InChI is InChI=1S/C26H32/c1-2-26(16-9-4-3-5-10-17-26)20-21-18-23-14-11-15-24(25(23)19-21)22-12-7-6-8-13-22/h6-8,11-15,19H,2-5,9-10,16-18,20H2,1H3. The maximum atomic E-state index is 2.54. The molecule has 0 N–H and O–H groups in total. The number of hydrogen-bond donors (Lipinski definition) is 0. The van der Waals surface area contributed by atoms with Gasteiger partial charge < -0.3 is 0 Å². The molecule has 0 nitrogen and oxygen atoms in total. The summed E-state index contributed by atoms with van der Waals surface area (Å²) in [5.74, 6) is 0. The van der Waals surface area contributed by atoms with Crippen molar-refractivity contribution in [3.63, 3.8) is 0 Å². The van der Waals surface area contributed by atoms with Crippen LogP contribution in [0.15, 0.2) is 54.1 Å². The molecular weight excluding hydrogens is 312 g/mol. The lowest BCUT2D eigenvalue weighted by Crippen LogP contribution is -2.22. The van der Waals surface area contributed by atoms with Crippen LogP contribution >= 0.6 is 0 Å². The van der Waals surface area contributed by atoms with Crippen LogP contribution in [0.25, 0.3) is 17.2 Å². The fraction of sp³-hybridized carbons (Fsp3) is 0.462. The molecule has 0 unspecified atom stereocenters. The summed E-state index contributed by atoms with van der Waals surface area (Å²) in [5.41, 5.74) is 7.98. The van der Waals surface area contributed by atoms with E-state index in [1.165, 1.54) is 80.0 Å². The summed E-state index contributed by atoms with van der Waals surface area (Å²) in [6, 6.07) is 17.7. The van der Waals surface area contributed by atoms with Crippen LogP contribution in [0.2, 0.25) is 0 Å². The van der Waals surface area contributed by atoms with E-state index in [1.807, 2.05) is 0 Å². The second-order valence-corrected chi connectivity index (χ2v) is 8.52. The van der Waals surface area contributed by atoms with E-state index in [1.54, 1.807) is 5.57 Å². The second-order valence-electron chi connectivity index (χ2n) is 8.52. The molecule has 1 saturated carbocycles. The highest BCUT2D eigenvalue weighted by Gasteiger charge is 2.31. The first-order valence-corrected chi connectivity index (χ1v) is 10.7. The zero-order chi connectivity index (χ0) is 17.8. The fourth-order valence-corrected chi connectivity index (χ4v) is 5.21. The Morgan fingerprint density at radius 2 is 1.54 bits per heavy atom. The molecule has 2 aromatic carbocycles. The predicted octanol–water partition coefficient (Wildman–Crippen LogP) is 7.82. The van der Waals surface area contributed by atoms with Crippen LogP contribution in [0.5, 0.6) is 0 Å². The first-order valence-electron chi connectivity index (χ1n) is 10.7. The molecule has 1 fully saturated rings. The van der Waals surface area contributed by atoms with Gasteiger partial charge in [0.05, 0.1) is 0 Å². The number of rotatable bonds is 4. The number of benzene rings is 2. The minimum absolute atomic E-state index is 0.557. The summed E-state index contributed by atoms with van der Waals surface area (Å²) < 4.78 is 0. The Hall–Kier alpha value is -1.82. The number of hydrogen-bond acceptors (Lipinski definition) is 0. The van der Waals surface area contributed by atoms with E-state index >= 15 is 0 Å². The molecule has 2 aliphatic rings. The molecule has 0 amide bonds. The van der Waals surface area contributed by atoms with Crippen molar-refractivity contribution < 1.29 is 0 Å². The molecule has 0 heterocycles. The van der Waals surface area contributed by atoms with Crippen molar-refractivity contribution in [2.24, 2.45) is 5.41 Å². The van der Waals surface area contributed by atoms with Crippen molar-refractivity contribution in [1.82, 2.24) is 0 Å². The lowest BCUT2D eigenvalue weighted by molar-refractivity contribution is 0.198. The highest BCUT2D eigenvalue weighted by atomic mass is 14.4. The molecule has 0 heteroatoms. The van der Waals surface area contributed by atoms with Crippen LogP contribution < -0.4 is 0 Å². The highest BCUT2D eigenvalue weighted by Crippen LogP contribution is 2.45. The van der Waals surface area contributed by atoms with Crippen LogP contribution in [-0.4, -0.2) is 0 Å². The third-order valence-corrected chi connectivity index (χ3v) is 6.81. The zero-order valence-electron chi connectivity index (χ0n) is 16.3. The molecule has 136 valence electrons. The topological polar surface area (TPSA) is 0 Å². The number of fused-ring (bicyclic) bond motifs is 1. The summed E-state index contributed by atoms with van der Waals surface area (Å²) >= 11 is 0. The molecule has 0 radical (unpaired) electrons.